The monoisotopic (exact) mass is 174 g/mol. The first-order valence-electron chi connectivity index (χ1n) is 4.14. The van der Waals surface area contributed by atoms with Crippen molar-refractivity contribution in [3.8, 4) is 0 Å². The molecular formula is C10H22O2. The topological polar surface area (TPSA) is 40.7 Å². The maximum Gasteiger partial charge on any atom is 0.0826 e. The van der Waals surface area contributed by atoms with Gasteiger partial charge in [0.05, 0.1) is 6.10 Å². The SMILES string of the molecule is C=C(C)C(OC)C(C)(C)CC.O. The lowest BCUT2D eigenvalue weighted by Crippen LogP contribution is -2.31. The van der Waals surface area contributed by atoms with Gasteiger partial charge in [-0.2, -0.15) is 0 Å². The Hall–Kier alpha value is -0.340. The molecule has 74 valence electrons. The van der Waals surface area contributed by atoms with Crippen LogP contribution >= 0.6 is 0 Å². The highest BCUT2D eigenvalue weighted by molar-refractivity contribution is 5.03. The summed E-state index contributed by atoms with van der Waals surface area (Å²) in [5.74, 6) is 0. The van der Waals surface area contributed by atoms with Gasteiger partial charge in [0.25, 0.3) is 0 Å². The van der Waals surface area contributed by atoms with Gasteiger partial charge in [-0.25, -0.2) is 0 Å². The van der Waals surface area contributed by atoms with Gasteiger partial charge in [-0.15, -0.1) is 0 Å². The van der Waals surface area contributed by atoms with Gasteiger partial charge in [-0.05, 0) is 18.8 Å². The zero-order valence-corrected chi connectivity index (χ0v) is 8.90. The quantitative estimate of drug-likeness (QED) is 0.602. The average molecular weight is 174 g/mol. The highest BCUT2D eigenvalue weighted by Crippen LogP contribution is 2.30. The zero-order valence-electron chi connectivity index (χ0n) is 8.90. The first-order valence-corrected chi connectivity index (χ1v) is 4.14. The Bertz CT molecular complexity index is 139. The Morgan fingerprint density at radius 3 is 2.00 bits per heavy atom. The number of hydrogen-bond acceptors (Lipinski definition) is 1. The molecule has 2 heteroatoms. The van der Waals surface area contributed by atoms with Crippen LogP contribution in [-0.4, -0.2) is 18.7 Å². The minimum Gasteiger partial charge on any atom is -0.412 e. The summed E-state index contributed by atoms with van der Waals surface area (Å²) in [4.78, 5) is 0. The van der Waals surface area contributed by atoms with Crippen LogP contribution in [0.1, 0.15) is 34.1 Å². The van der Waals surface area contributed by atoms with Crippen molar-refractivity contribution in [2.24, 2.45) is 5.41 Å². The van der Waals surface area contributed by atoms with Crippen LogP contribution in [0.5, 0.6) is 0 Å². The van der Waals surface area contributed by atoms with E-state index in [9.17, 15) is 0 Å². The second-order valence-electron chi connectivity index (χ2n) is 3.80. The third kappa shape index (κ3) is 3.37. The zero-order chi connectivity index (χ0) is 9.07. The van der Waals surface area contributed by atoms with Crippen LogP contribution in [0.3, 0.4) is 0 Å². The molecule has 1 unspecified atom stereocenters. The predicted octanol–water partition coefficient (Wildman–Crippen LogP) is 2.19. The smallest absolute Gasteiger partial charge is 0.0826 e. The van der Waals surface area contributed by atoms with Crippen molar-refractivity contribution in [3.05, 3.63) is 12.2 Å². The highest BCUT2D eigenvalue weighted by atomic mass is 16.5. The van der Waals surface area contributed by atoms with Gasteiger partial charge in [0.1, 0.15) is 0 Å². The second kappa shape index (κ2) is 5.33. The third-order valence-electron chi connectivity index (χ3n) is 2.30. The lowest BCUT2D eigenvalue weighted by molar-refractivity contribution is 0.0322. The molecule has 0 radical (unpaired) electrons. The molecule has 0 aromatic heterocycles. The molecule has 2 N–H and O–H groups in total. The Kier molecular flexibility index (Phi) is 6.31. The summed E-state index contributed by atoms with van der Waals surface area (Å²) in [7, 11) is 1.75. The average Bonchev–Trinajstić information content (AvgIpc) is 1.88. The molecule has 0 aliphatic heterocycles. The van der Waals surface area contributed by atoms with Gasteiger partial charge in [0, 0.05) is 7.11 Å². The summed E-state index contributed by atoms with van der Waals surface area (Å²) in [6, 6.07) is 0. The van der Waals surface area contributed by atoms with E-state index in [0.717, 1.165) is 12.0 Å². The molecule has 0 aromatic rings. The van der Waals surface area contributed by atoms with Gasteiger partial charge < -0.3 is 10.2 Å². The molecule has 1 atom stereocenters. The summed E-state index contributed by atoms with van der Waals surface area (Å²) >= 11 is 0. The van der Waals surface area contributed by atoms with E-state index >= 15 is 0 Å². The fourth-order valence-electron chi connectivity index (χ4n) is 1.37. The van der Waals surface area contributed by atoms with Crippen molar-refractivity contribution >= 4 is 0 Å². The summed E-state index contributed by atoms with van der Waals surface area (Å²) in [5, 5.41) is 0. The lowest BCUT2D eigenvalue weighted by atomic mass is 9.81. The molecule has 0 aromatic carbocycles. The van der Waals surface area contributed by atoms with Crippen LogP contribution in [0.2, 0.25) is 0 Å². The normalized spacial score (nSPS) is 13.4. The van der Waals surface area contributed by atoms with E-state index in [1.807, 2.05) is 6.92 Å². The maximum atomic E-state index is 5.37. The largest absolute Gasteiger partial charge is 0.412 e. The first kappa shape index (κ1) is 14.2. The van der Waals surface area contributed by atoms with Crippen molar-refractivity contribution < 1.29 is 10.2 Å². The Balaban J connectivity index is 0. The van der Waals surface area contributed by atoms with Gasteiger partial charge in [-0.1, -0.05) is 32.9 Å². The summed E-state index contributed by atoms with van der Waals surface area (Å²) in [6.07, 6.45) is 1.30. The summed E-state index contributed by atoms with van der Waals surface area (Å²) < 4.78 is 5.37. The van der Waals surface area contributed by atoms with Crippen molar-refractivity contribution in [1.29, 1.82) is 0 Å². The molecule has 0 rings (SSSR count). The lowest BCUT2D eigenvalue weighted by Gasteiger charge is -2.32. The van der Waals surface area contributed by atoms with E-state index in [2.05, 4.69) is 27.4 Å². The molecule has 12 heavy (non-hydrogen) atoms. The molecule has 0 heterocycles. The number of hydrogen-bond donors (Lipinski definition) is 0. The van der Waals surface area contributed by atoms with Crippen molar-refractivity contribution in [1.82, 2.24) is 0 Å². The molecule has 2 nitrogen and oxygen atoms in total. The Morgan fingerprint density at radius 2 is 1.92 bits per heavy atom. The van der Waals surface area contributed by atoms with Gasteiger partial charge in [0.2, 0.25) is 0 Å². The fourth-order valence-corrected chi connectivity index (χ4v) is 1.37. The minimum atomic E-state index is 0. The molecule has 0 spiro atoms. The van der Waals surface area contributed by atoms with Crippen LogP contribution in [0, 0.1) is 5.41 Å². The van der Waals surface area contributed by atoms with E-state index in [1.165, 1.54) is 0 Å². The molecule has 0 saturated carbocycles. The molecule has 0 amide bonds. The molecule has 0 aliphatic rings. The number of ether oxygens (including phenoxy) is 1. The van der Waals surface area contributed by atoms with Crippen LogP contribution in [0.25, 0.3) is 0 Å². The molecule has 0 bridgehead atoms. The fraction of sp³-hybridized carbons (Fsp3) is 0.800. The summed E-state index contributed by atoms with van der Waals surface area (Å²) in [6.45, 7) is 12.5. The van der Waals surface area contributed by atoms with Crippen molar-refractivity contribution in [2.45, 2.75) is 40.2 Å². The predicted molar refractivity (Wildman–Crippen MR) is 53.3 cm³/mol. The highest BCUT2D eigenvalue weighted by Gasteiger charge is 2.27. The van der Waals surface area contributed by atoms with Crippen LogP contribution in [0.4, 0.5) is 0 Å². The maximum absolute atomic E-state index is 5.37. The summed E-state index contributed by atoms with van der Waals surface area (Å²) in [5.41, 5.74) is 1.32. The van der Waals surface area contributed by atoms with E-state index in [1.54, 1.807) is 7.11 Å². The van der Waals surface area contributed by atoms with Crippen LogP contribution in [-0.2, 0) is 4.74 Å². The van der Waals surface area contributed by atoms with Crippen LogP contribution < -0.4 is 0 Å². The van der Waals surface area contributed by atoms with Crippen LogP contribution in [0.15, 0.2) is 12.2 Å². The molecular weight excluding hydrogens is 152 g/mol. The second-order valence-corrected chi connectivity index (χ2v) is 3.80. The Morgan fingerprint density at radius 1 is 1.50 bits per heavy atom. The molecule has 0 aliphatic carbocycles. The molecule has 0 saturated heterocycles. The number of rotatable bonds is 4. The van der Waals surface area contributed by atoms with Gasteiger partial charge >= 0.3 is 0 Å². The third-order valence-corrected chi connectivity index (χ3v) is 2.30. The minimum absolute atomic E-state index is 0. The van der Waals surface area contributed by atoms with E-state index in [4.69, 9.17) is 4.74 Å². The van der Waals surface area contributed by atoms with Gasteiger partial charge in [0.15, 0.2) is 0 Å². The first-order chi connectivity index (χ1) is 4.95. The number of methoxy groups -OCH3 is 1. The molecule has 0 fully saturated rings. The van der Waals surface area contributed by atoms with E-state index < -0.39 is 0 Å². The Labute approximate surface area is 75.9 Å². The van der Waals surface area contributed by atoms with E-state index in [0.29, 0.717) is 0 Å². The van der Waals surface area contributed by atoms with Crippen molar-refractivity contribution in [2.75, 3.05) is 7.11 Å². The van der Waals surface area contributed by atoms with Gasteiger partial charge in [-0.3, -0.25) is 0 Å². The van der Waals surface area contributed by atoms with Crippen molar-refractivity contribution in [3.63, 3.8) is 0 Å². The van der Waals surface area contributed by atoms with E-state index in [-0.39, 0.29) is 17.0 Å². The standard InChI is InChI=1S/C10H20O.H2O/c1-7-10(4,5)9(11-6)8(2)3;/h9H,2,7H2,1,3-6H3;1H2.